The number of nitrogens with one attached hydrogen (secondary N) is 1. The SMILES string of the molecule is N=NC/C=C\N=CI. The van der Waals surface area contributed by atoms with E-state index in [9.17, 15) is 0 Å². The normalized spacial score (nSPS) is 11.1. The van der Waals surface area contributed by atoms with Crippen LogP contribution >= 0.6 is 22.6 Å². The Balaban J connectivity index is 3.19. The van der Waals surface area contributed by atoms with E-state index < -0.39 is 0 Å². The van der Waals surface area contributed by atoms with E-state index in [0.717, 1.165) is 0 Å². The molecule has 8 heavy (non-hydrogen) atoms. The van der Waals surface area contributed by atoms with Crippen molar-refractivity contribution in [1.82, 2.24) is 0 Å². The van der Waals surface area contributed by atoms with Crippen LogP contribution in [0.5, 0.6) is 0 Å². The first-order valence-electron chi connectivity index (χ1n) is 2.02. The minimum Gasteiger partial charge on any atom is -0.258 e. The van der Waals surface area contributed by atoms with Crippen LogP contribution < -0.4 is 0 Å². The molecule has 0 amide bonds. The van der Waals surface area contributed by atoms with Crippen molar-refractivity contribution in [1.29, 1.82) is 5.53 Å². The van der Waals surface area contributed by atoms with E-state index in [2.05, 4.69) is 10.1 Å². The minimum atomic E-state index is 0.425. The van der Waals surface area contributed by atoms with E-state index in [1.54, 1.807) is 16.5 Å². The summed E-state index contributed by atoms with van der Waals surface area (Å²) in [5.74, 6) is 0. The highest BCUT2D eigenvalue weighted by Gasteiger charge is 1.63. The Morgan fingerprint density at radius 2 is 2.38 bits per heavy atom. The van der Waals surface area contributed by atoms with Gasteiger partial charge in [0, 0.05) is 6.20 Å². The molecule has 0 aliphatic rings. The van der Waals surface area contributed by atoms with E-state index in [1.807, 2.05) is 22.6 Å². The molecule has 0 aromatic carbocycles. The fourth-order valence-corrected chi connectivity index (χ4v) is 0.379. The van der Waals surface area contributed by atoms with Crippen LogP contribution in [0, 0.1) is 5.53 Å². The van der Waals surface area contributed by atoms with Crippen molar-refractivity contribution in [2.45, 2.75) is 0 Å². The molecule has 1 N–H and O–H groups in total. The number of hydrogen-bond acceptors (Lipinski definition) is 3. The molecule has 0 spiro atoms. The van der Waals surface area contributed by atoms with Gasteiger partial charge in [0.1, 0.15) is 0 Å². The Morgan fingerprint density at radius 1 is 1.62 bits per heavy atom. The summed E-state index contributed by atoms with van der Waals surface area (Å²) in [4.78, 5) is 3.75. The second kappa shape index (κ2) is 6.74. The fourth-order valence-electron chi connectivity index (χ4n) is 0.193. The number of rotatable bonds is 3. The maximum atomic E-state index is 6.36. The van der Waals surface area contributed by atoms with Gasteiger partial charge in [0.2, 0.25) is 0 Å². The molecule has 0 aromatic heterocycles. The molecule has 4 heteroatoms. The molecule has 0 atom stereocenters. The molecule has 44 valence electrons. The average Bonchev–Trinajstić information content (AvgIpc) is 1.81. The van der Waals surface area contributed by atoms with Crippen molar-refractivity contribution in [2.75, 3.05) is 6.54 Å². The van der Waals surface area contributed by atoms with Crippen LogP contribution in [0.2, 0.25) is 0 Å². The van der Waals surface area contributed by atoms with Crippen molar-refractivity contribution < 1.29 is 0 Å². The van der Waals surface area contributed by atoms with E-state index >= 15 is 0 Å². The van der Waals surface area contributed by atoms with Gasteiger partial charge in [0.15, 0.2) is 0 Å². The number of hydrogen-bond donors (Lipinski definition) is 1. The highest BCUT2D eigenvalue weighted by Crippen LogP contribution is 1.77. The summed E-state index contributed by atoms with van der Waals surface area (Å²) in [5, 5.41) is 3.09. The molecule has 0 aliphatic carbocycles. The van der Waals surface area contributed by atoms with E-state index in [4.69, 9.17) is 5.53 Å². The first kappa shape index (κ1) is 7.74. The Morgan fingerprint density at radius 3 is 2.88 bits per heavy atom. The summed E-state index contributed by atoms with van der Waals surface area (Å²) < 4.78 is 1.65. The summed E-state index contributed by atoms with van der Waals surface area (Å²) in [6.07, 6.45) is 3.33. The molecular formula is C4H6IN3. The zero-order valence-electron chi connectivity index (χ0n) is 4.21. The molecule has 0 heterocycles. The highest BCUT2D eigenvalue weighted by atomic mass is 127. The van der Waals surface area contributed by atoms with Gasteiger partial charge in [0.25, 0.3) is 0 Å². The summed E-state index contributed by atoms with van der Waals surface area (Å²) in [7, 11) is 0. The van der Waals surface area contributed by atoms with Gasteiger partial charge in [-0.1, -0.05) is 0 Å². The van der Waals surface area contributed by atoms with Gasteiger partial charge >= 0.3 is 0 Å². The van der Waals surface area contributed by atoms with Crippen LogP contribution in [0.15, 0.2) is 22.4 Å². The quantitative estimate of drug-likeness (QED) is 0.432. The lowest BCUT2D eigenvalue weighted by Crippen LogP contribution is -1.63. The second-order valence-corrected chi connectivity index (χ2v) is 1.53. The summed E-state index contributed by atoms with van der Waals surface area (Å²) >= 11 is 2.02. The number of aliphatic imine (C=N–C) groups is 1. The van der Waals surface area contributed by atoms with Crippen LogP contribution in [0.4, 0.5) is 0 Å². The molecule has 3 nitrogen and oxygen atoms in total. The van der Waals surface area contributed by atoms with Crippen LogP contribution in [0.1, 0.15) is 0 Å². The monoisotopic (exact) mass is 223 g/mol. The second-order valence-electron chi connectivity index (χ2n) is 0.972. The van der Waals surface area contributed by atoms with Gasteiger partial charge in [-0.05, 0) is 28.7 Å². The molecule has 0 saturated carbocycles. The summed E-state index contributed by atoms with van der Waals surface area (Å²) in [6.45, 7) is 0.425. The van der Waals surface area contributed by atoms with Crippen molar-refractivity contribution in [3.63, 3.8) is 0 Å². The maximum Gasteiger partial charge on any atom is 0.0795 e. The topological polar surface area (TPSA) is 48.6 Å². The van der Waals surface area contributed by atoms with E-state index in [0.29, 0.717) is 6.54 Å². The Labute approximate surface area is 61.5 Å². The molecule has 0 rings (SSSR count). The molecular weight excluding hydrogens is 217 g/mol. The van der Waals surface area contributed by atoms with Crippen molar-refractivity contribution in [2.24, 2.45) is 10.1 Å². The molecule has 0 saturated heterocycles. The lowest BCUT2D eigenvalue weighted by Gasteiger charge is -1.72. The predicted octanol–water partition coefficient (Wildman–Crippen LogP) is 1.99. The Bertz CT molecular complexity index is 108. The zero-order chi connectivity index (χ0) is 6.24. The first-order valence-corrected chi connectivity index (χ1v) is 3.26. The number of nitrogens with zero attached hydrogens (tertiary/aromatic N) is 2. The minimum absolute atomic E-state index is 0.425. The maximum absolute atomic E-state index is 6.36. The Hall–Kier alpha value is -0.260. The van der Waals surface area contributed by atoms with Gasteiger partial charge < -0.3 is 0 Å². The van der Waals surface area contributed by atoms with Gasteiger partial charge in [0.05, 0.1) is 10.8 Å². The Kier molecular flexibility index (Phi) is 6.52. The third kappa shape index (κ3) is 5.74. The van der Waals surface area contributed by atoms with Gasteiger partial charge in [-0.2, -0.15) is 5.11 Å². The van der Waals surface area contributed by atoms with Crippen molar-refractivity contribution >= 4 is 26.8 Å². The number of halogens is 1. The fraction of sp³-hybridized carbons (Fsp3) is 0.250. The average molecular weight is 223 g/mol. The first-order chi connectivity index (χ1) is 3.91. The third-order valence-corrected chi connectivity index (χ3v) is 0.766. The smallest absolute Gasteiger partial charge is 0.0795 e. The zero-order valence-corrected chi connectivity index (χ0v) is 6.37. The van der Waals surface area contributed by atoms with Crippen LogP contribution in [-0.4, -0.2) is 10.8 Å². The molecule has 0 aliphatic heterocycles. The van der Waals surface area contributed by atoms with Crippen LogP contribution in [0.25, 0.3) is 0 Å². The highest BCUT2D eigenvalue weighted by molar-refractivity contribution is 14.1. The lowest BCUT2D eigenvalue weighted by atomic mass is 10.6. The third-order valence-electron chi connectivity index (χ3n) is 0.445. The van der Waals surface area contributed by atoms with Gasteiger partial charge in [-0.15, -0.1) is 0 Å². The molecule has 0 aromatic rings. The molecule has 0 radical (unpaired) electrons. The van der Waals surface area contributed by atoms with E-state index in [-0.39, 0.29) is 0 Å². The van der Waals surface area contributed by atoms with E-state index in [1.165, 1.54) is 0 Å². The standard InChI is InChI=1S/C4H6IN3/c5-4-7-2-1-3-8-6/h1-2,4,6H,3H2/b2-1-,7-4?,8-6?. The largest absolute Gasteiger partial charge is 0.258 e. The molecule has 0 fully saturated rings. The lowest BCUT2D eigenvalue weighted by molar-refractivity contribution is 1.00. The summed E-state index contributed by atoms with van der Waals surface area (Å²) in [5.41, 5.74) is 6.36. The van der Waals surface area contributed by atoms with Crippen LogP contribution in [0.3, 0.4) is 0 Å². The van der Waals surface area contributed by atoms with Gasteiger partial charge in [-0.25, -0.2) is 5.53 Å². The molecule has 0 bridgehead atoms. The predicted molar refractivity (Wildman–Crippen MR) is 41.7 cm³/mol. The van der Waals surface area contributed by atoms with Crippen molar-refractivity contribution in [3.8, 4) is 0 Å². The molecule has 0 unspecified atom stereocenters. The van der Waals surface area contributed by atoms with Crippen molar-refractivity contribution in [3.05, 3.63) is 12.3 Å². The van der Waals surface area contributed by atoms with Crippen LogP contribution in [-0.2, 0) is 0 Å². The van der Waals surface area contributed by atoms with Gasteiger partial charge in [-0.3, -0.25) is 4.99 Å². The summed E-state index contributed by atoms with van der Waals surface area (Å²) in [6, 6.07) is 0.